The quantitative estimate of drug-likeness (QED) is 0.494. The van der Waals surface area contributed by atoms with E-state index >= 15 is 0 Å². The fraction of sp³-hybridized carbons (Fsp3) is 0.250. The van der Waals surface area contributed by atoms with Crippen molar-refractivity contribution < 1.29 is 9.18 Å². The van der Waals surface area contributed by atoms with E-state index in [0.29, 0.717) is 5.69 Å². The molecule has 0 spiro atoms. The topological polar surface area (TPSA) is 42.3 Å². The van der Waals surface area contributed by atoms with Crippen LogP contribution >= 0.6 is 0 Å². The predicted molar refractivity (Wildman–Crippen MR) is 40.7 cm³/mol. The van der Waals surface area contributed by atoms with Gasteiger partial charge in [0.05, 0.1) is 5.69 Å². The average Bonchev–Trinajstić information content (AvgIpc) is 2.05. The van der Waals surface area contributed by atoms with Crippen LogP contribution in [-0.2, 0) is 4.79 Å². The maximum Gasteiger partial charge on any atom is 0.235 e. The molecule has 4 heteroatoms. The van der Waals surface area contributed by atoms with Crippen LogP contribution in [0.25, 0.3) is 0 Å². The van der Waals surface area contributed by atoms with E-state index in [1.165, 1.54) is 24.4 Å². The number of rotatable bonds is 2. The van der Waals surface area contributed by atoms with Crippen molar-refractivity contribution in [3.63, 3.8) is 0 Å². The van der Waals surface area contributed by atoms with Crippen molar-refractivity contribution in [2.45, 2.75) is 13.0 Å². The van der Waals surface area contributed by atoms with Crippen molar-refractivity contribution in [1.82, 2.24) is 4.98 Å². The Morgan fingerprint density at radius 3 is 3.08 bits per heavy atom. The monoisotopic (exact) mass is 166 g/mol. The molecular formula is C8H7FN2O. The maximum absolute atomic E-state index is 12.6. The highest BCUT2D eigenvalue weighted by molar-refractivity contribution is 5.34. The second-order valence-corrected chi connectivity index (χ2v) is 2.30. The molecular weight excluding hydrogens is 159 g/mol. The van der Waals surface area contributed by atoms with Crippen LogP contribution in [0.15, 0.2) is 23.3 Å². The van der Waals surface area contributed by atoms with Gasteiger partial charge < -0.3 is 0 Å². The Bertz CT molecular complexity index is 321. The molecule has 0 amide bonds. The molecule has 0 aliphatic heterocycles. The summed E-state index contributed by atoms with van der Waals surface area (Å²) < 4.78 is 12.6. The molecule has 0 aromatic carbocycles. The lowest BCUT2D eigenvalue weighted by Crippen LogP contribution is -1.93. The van der Waals surface area contributed by atoms with Crippen molar-refractivity contribution in [3.05, 3.63) is 29.8 Å². The predicted octanol–water partition coefficient (Wildman–Crippen LogP) is 1.62. The third kappa shape index (κ3) is 1.97. The van der Waals surface area contributed by atoms with Gasteiger partial charge in [-0.15, -0.1) is 0 Å². The second kappa shape index (κ2) is 3.74. The fourth-order valence-electron chi connectivity index (χ4n) is 0.795. The first-order valence-corrected chi connectivity index (χ1v) is 3.42. The molecule has 0 saturated carbocycles. The molecule has 1 aromatic heterocycles. The van der Waals surface area contributed by atoms with Crippen LogP contribution in [0.1, 0.15) is 18.7 Å². The highest BCUT2D eigenvalue weighted by Crippen LogP contribution is 2.13. The third-order valence-corrected chi connectivity index (χ3v) is 1.42. The normalized spacial score (nSPS) is 11.8. The first-order valence-electron chi connectivity index (χ1n) is 3.42. The summed E-state index contributed by atoms with van der Waals surface area (Å²) in [4.78, 5) is 17.1. The minimum atomic E-state index is -0.432. The zero-order chi connectivity index (χ0) is 8.97. The summed E-state index contributed by atoms with van der Waals surface area (Å²) in [5.41, 5.74) is 0.429. The first-order chi connectivity index (χ1) is 5.74. The van der Waals surface area contributed by atoms with E-state index in [2.05, 4.69) is 9.98 Å². The van der Waals surface area contributed by atoms with Gasteiger partial charge in [-0.05, 0) is 19.1 Å². The SMILES string of the molecule is CC(N=C=O)c1cc(F)ccn1. The zero-order valence-electron chi connectivity index (χ0n) is 6.49. The molecule has 62 valence electrons. The molecule has 0 aliphatic rings. The second-order valence-electron chi connectivity index (χ2n) is 2.30. The smallest absolute Gasteiger partial charge is 0.235 e. The highest BCUT2D eigenvalue weighted by Gasteiger charge is 2.04. The minimum absolute atomic E-state index is 0.382. The van der Waals surface area contributed by atoms with Crippen LogP contribution in [0.5, 0.6) is 0 Å². The Labute approximate surface area is 69.0 Å². The van der Waals surface area contributed by atoms with Crippen LogP contribution in [0.3, 0.4) is 0 Å². The highest BCUT2D eigenvalue weighted by atomic mass is 19.1. The van der Waals surface area contributed by atoms with E-state index < -0.39 is 6.04 Å². The molecule has 1 heterocycles. The summed E-state index contributed by atoms with van der Waals surface area (Å²) >= 11 is 0. The molecule has 0 fully saturated rings. The minimum Gasteiger partial charge on any atom is -0.259 e. The van der Waals surface area contributed by atoms with Crippen molar-refractivity contribution in [2.24, 2.45) is 4.99 Å². The number of hydrogen-bond acceptors (Lipinski definition) is 3. The van der Waals surface area contributed by atoms with Gasteiger partial charge in [-0.25, -0.2) is 9.18 Å². The Morgan fingerprint density at radius 2 is 2.50 bits per heavy atom. The Balaban J connectivity index is 2.94. The van der Waals surface area contributed by atoms with Gasteiger partial charge in [0.1, 0.15) is 11.9 Å². The van der Waals surface area contributed by atoms with E-state index in [0.717, 1.165) is 0 Å². The maximum atomic E-state index is 12.6. The fourth-order valence-corrected chi connectivity index (χ4v) is 0.795. The van der Waals surface area contributed by atoms with Gasteiger partial charge in [0.2, 0.25) is 6.08 Å². The average molecular weight is 166 g/mol. The summed E-state index contributed by atoms with van der Waals surface area (Å²) in [5, 5.41) is 0. The van der Waals surface area contributed by atoms with Crippen molar-refractivity contribution >= 4 is 6.08 Å². The molecule has 0 saturated heterocycles. The third-order valence-electron chi connectivity index (χ3n) is 1.42. The van der Waals surface area contributed by atoms with Gasteiger partial charge in [0.25, 0.3) is 0 Å². The molecule has 1 aromatic rings. The number of pyridine rings is 1. The summed E-state index contributed by atoms with van der Waals surface area (Å²) in [5.74, 6) is -0.382. The largest absolute Gasteiger partial charge is 0.259 e. The van der Waals surface area contributed by atoms with E-state index in [-0.39, 0.29) is 5.82 Å². The number of carbonyl (C=O) groups excluding carboxylic acids is 1. The molecule has 3 nitrogen and oxygen atoms in total. The molecule has 1 atom stereocenters. The lowest BCUT2D eigenvalue weighted by molar-refractivity contribution is 0.558. The summed E-state index contributed by atoms with van der Waals surface area (Å²) in [7, 11) is 0. The molecule has 1 unspecified atom stereocenters. The molecule has 0 aliphatic carbocycles. The van der Waals surface area contributed by atoms with Crippen LogP contribution in [0.4, 0.5) is 4.39 Å². The molecule has 0 N–H and O–H groups in total. The standard InChI is InChI=1S/C8H7FN2O/c1-6(11-5-12)8-4-7(9)2-3-10-8/h2-4,6H,1H3. The van der Waals surface area contributed by atoms with Crippen molar-refractivity contribution in [1.29, 1.82) is 0 Å². The van der Waals surface area contributed by atoms with Gasteiger partial charge in [-0.3, -0.25) is 4.98 Å². The van der Waals surface area contributed by atoms with Crippen molar-refractivity contribution in [3.8, 4) is 0 Å². The van der Waals surface area contributed by atoms with E-state index in [1.807, 2.05) is 0 Å². The van der Waals surface area contributed by atoms with E-state index in [9.17, 15) is 9.18 Å². The number of halogens is 1. The summed E-state index contributed by atoms with van der Waals surface area (Å²) in [6.45, 7) is 1.65. The van der Waals surface area contributed by atoms with Gasteiger partial charge in [0.15, 0.2) is 0 Å². The van der Waals surface area contributed by atoms with Crippen molar-refractivity contribution in [2.75, 3.05) is 0 Å². The van der Waals surface area contributed by atoms with E-state index in [4.69, 9.17) is 0 Å². The Morgan fingerprint density at radius 1 is 1.75 bits per heavy atom. The molecule has 12 heavy (non-hydrogen) atoms. The van der Waals surface area contributed by atoms with Gasteiger partial charge >= 0.3 is 0 Å². The lowest BCUT2D eigenvalue weighted by atomic mass is 10.2. The van der Waals surface area contributed by atoms with Gasteiger partial charge in [-0.2, -0.15) is 4.99 Å². The number of aliphatic imine (C=N–C) groups is 1. The molecule has 0 radical (unpaired) electrons. The van der Waals surface area contributed by atoms with Gasteiger partial charge in [0, 0.05) is 6.20 Å². The van der Waals surface area contributed by atoms with Crippen LogP contribution in [-0.4, -0.2) is 11.1 Å². The molecule has 0 bridgehead atoms. The summed E-state index contributed by atoms with van der Waals surface area (Å²) in [6, 6.07) is 2.05. The zero-order valence-corrected chi connectivity index (χ0v) is 6.49. The lowest BCUT2D eigenvalue weighted by Gasteiger charge is -2.01. The van der Waals surface area contributed by atoms with Crippen LogP contribution in [0, 0.1) is 5.82 Å². The number of nitrogens with zero attached hydrogens (tertiary/aromatic N) is 2. The van der Waals surface area contributed by atoms with Gasteiger partial charge in [-0.1, -0.05) is 0 Å². The number of isocyanates is 1. The summed E-state index contributed by atoms with van der Waals surface area (Å²) in [6.07, 6.45) is 2.73. The first kappa shape index (κ1) is 8.56. The van der Waals surface area contributed by atoms with Crippen LogP contribution in [0.2, 0.25) is 0 Å². The number of hydrogen-bond donors (Lipinski definition) is 0. The van der Waals surface area contributed by atoms with E-state index in [1.54, 1.807) is 6.92 Å². The Kier molecular flexibility index (Phi) is 2.66. The molecule has 1 rings (SSSR count). The number of aromatic nitrogens is 1. The Hall–Kier alpha value is -1.54. The van der Waals surface area contributed by atoms with Crippen LogP contribution < -0.4 is 0 Å².